The van der Waals surface area contributed by atoms with Crippen LogP contribution in [-0.4, -0.2) is 49.8 Å². The fraction of sp³-hybridized carbons (Fsp3) is 0.0720. The summed E-state index contributed by atoms with van der Waals surface area (Å²) in [6.07, 6.45) is 1.75. The van der Waals surface area contributed by atoms with Crippen LogP contribution in [0.2, 0.25) is 0 Å². The maximum atomic E-state index is 6.41. The van der Waals surface area contributed by atoms with Crippen molar-refractivity contribution < 1.29 is 13.3 Å². The van der Waals surface area contributed by atoms with Gasteiger partial charge in [-0.05, 0) is 185 Å². The van der Waals surface area contributed by atoms with Crippen LogP contribution in [0, 0.1) is 0 Å². The van der Waals surface area contributed by atoms with Crippen molar-refractivity contribution in [1.29, 1.82) is 0 Å². The largest absolute Gasteiger partial charge is 0.456 e. The molecule has 0 bridgehead atoms. The Morgan fingerprint density at radius 3 is 0.638 bits per heavy atom. The Kier molecular flexibility index (Phi) is 19.6. The molecule has 654 valence electrons. The molecule has 0 amide bonds. The number of furan rings is 3. The average Bonchev–Trinajstić information content (AvgIpc) is 1.57. The van der Waals surface area contributed by atoms with Crippen molar-refractivity contribution in [2.45, 2.75) is 57.8 Å². The lowest BCUT2D eigenvalue weighted by Gasteiger charge is -2.21. The second-order valence-electron chi connectivity index (χ2n) is 37.3. The molecule has 0 N–H and O–H groups in total. The second kappa shape index (κ2) is 32.9. The van der Waals surface area contributed by atoms with Crippen LogP contribution in [0.3, 0.4) is 0 Å². The molecule has 7 aromatic heterocycles. The van der Waals surface area contributed by atoms with Crippen LogP contribution in [0.4, 0.5) is 0 Å². The number of hydrogen-bond acceptors (Lipinski definition) is 13. The zero-order valence-electron chi connectivity index (χ0n) is 76.5. The third-order valence-electron chi connectivity index (χ3n) is 27.9. The number of benzene rings is 17. The van der Waals surface area contributed by atoms with Crippen molar-refractivity contribution in [2.24, 2.45) is 0 Å². The van der Waals surface area contributed by atoms with Gasteiger partial charge in [0.1, 0.15) is 39.2 Å². The first-order chi connectivity index (χ1) is 67.6. The molecule has 0 aliphatic heterocycles. The van der Waals surface area contributed by atoms with E-state index >= 15 is 0 Å². The molecule has 0 atom stereocenters. The van der Waals surface area contributed by atoms with Crippen LogP contribution < -0.4 is 0 Å². The molecule has 17 aromatic carbocycles. The van der Waals surface area contributed by atoms with E-state index in [4.69, 9.17) is 58.1 Å². The highest BCUT2D eigenvalue weighted by Crippen LogP contribution is 2.55. The van der Waals surface area contributed by atoms with E-state index in [1.54, 1.807) is 6.20 Å². The van der Waals surface area contributed by atoms with E-state index in [0.717, 1.165) is 144 Å². The Morgan fingerprint density at radius 1 is 0.159 bits per heavy atom. The van der Waals surface area contributed by atoms with E-state index in [-0.39, 0.29) is 16.2 Å². The molecule has 13 heteroatoms. The summed E-state index contributed by atoms with van der Waals surface area (Å²) < 4.78 is 19.2. The minimum absolute atomic E-state index is 0.0613. The van der Waals surface area contributed by atoms with E-state index in [9.17, 15) is 0 Å². The smallest absolute Gasteiger partial charge is 0.182 e. The SMILES string of the molecule is CC1(C)c2ccccc2-c2cc3c(cc21)oc1ccc(-c2ccc(-c4nc(-c5ccccc5)nc(-c5ccccc5)n4)cc2)cc13.CC1(C)c2ccccc2-c2cc3c(cc21)oc1ccc(-c2ccc(-c4nc(-c5ccccc5)nc(-c5ccccc5)n4)cc2)cc13.CC1(C)c2ccccc2-c2cc3c(cc21)oc1ccc(-c2ccc(-c4nc(-c5ccccc5)nc(-c5ccccn5)n4)cc2)cc13. The molecular weight excluding hydrogens is 1690 g/mol. The number of rotatable bonds is 12. The number of aromatic nitrogens is 10. The predicted octanol–water partition coefficient (Wildman–Crippen LogP) is 31.6. The van der Waals surface area contributed by atoms with Gasteiger partial charge in [0.05, 0.1) is 0 Å². The van der Waals surface area contributed by atoms with Gasteiger partial charge in [-0.2, -0.15) is 0 Å². The average molecular weight is 1780 g/mol. The quantitative estimate of drug-likeness (QED) is 0.113. The summed E-state index contributed by atoms with van der Waals surface area (Å²) in [5.41, 5.74) is 36.2. The maximum Gasteiger partial charge on any atom is 0.182 e. The summed E-state index contributed by atoms with van der Waals surface area (Å²) >= 11 is 0. The van der Waals surface area contributed by atoms with Gasteiger partial charge in [-0.3, -0.25) is 4.98 Å². The van der Waals surface area contributed by atoms with Crippen molar-refractivity contribution in [1.82, 2.24) is 49.8 Å². The highest BCUT2D eigenvalue weighted by Gasteiger charge is 2.40. The molecule has 27 rings (SSSR count). The van der Waals surface area contributed by atoms with Gasteiger partial charge in [0.25, 0.3) is 0 Å². The molecule has 0 saturated heterocycles. The van der Waals surface area contributed by atoms with Crippen LogP contribution in [0.25, 0.3) is 235 Å². The van der Waals surface area contributed by atoms with Gasteiger partial charge in [-0.25, -0.2) is 44.9 Å². The van der Waals surface area contributed by atoms with Crippen LogP contribution in [0.1, 0.15) is 74.9 Å². The fourth-order valence-electron chi connectivity index (χ4n) is 20.6. The van der Waals surface area contributed by atoms with Crippen LogP contribution in [0.15, 0.2) is 426 Å². The normalized spacial score (nSPS) is 13.2. The van der Waals surface area contributed by atoms with E-state index in [0.29, 0.717) is 58.1 Å². The summed E-state index contributed by atoms with van der Waals surface area (Å²) in [6.45, 7) is 13.8. The van der Waals surface area contributed by atoms with Crippen molar-refractivity contribution in [3.8, 4) is 169 Å². The summed E-state index contributed by atoms with van der Waals surface area (Å²) in [6, 6.07) is 141. The van der Waals surface area contributed by atoms with E-state index in [1.807, 2.05) is 170 Å². The zero-order valence-corrected chi connectivity index (χ0v) is 76.5. The van der Waals surface area contributed by atoms with Gasteiger partial charge < -0.3 is 13.3 Å². The molecule has 24 aromatic rings. The van der Waals surface area contributed by atoms with Gasteiger partial charge in [-0.1, -0.05) is 363 Å². The lowest BCUT2D eigenvalue weighted by Crippen LogP contribution is -2.14. The first-order valence-electron chi connectivity index (χ1n) is 46.7. The Hall–Kier alpha value is -17.7. The van der Waals surface area contributed by atoms with Gasteiger partial charge in [0, 0.05) is 99.3 Å². The minimum atomic E-state index is -0.0647. The summed E-state index contributed by atoms with van der Waals surface area (Å²) in [7, 11) is 0. The summed E-state index contributed by atoms with van der Waals surface area (Å²) in [5, 5.41) is 6.79. The van der Waals surface area contributed by atoms with E-state index in [2.05, 4.69) is 283 Å². The number of fused-ring (bicyclic) bond motifs is 18. The van der Waals surface area contributed by atoms with Crippen LogP contribution >= 0.6 is 0 Å². The molecule has 13 nitrogen and oxygen atoms in total. The second-order valence-corrected chi connectivity index (χ2v) is 37.3. The van der Waals surface area contributed by atoms with Crippen molar-refractivity contribution in [3.63, 3.8) is 0 Å². The zero-order chi connectivity index (χ0) is 92.5. The lowest BCUT2D eigenvalue weighted by molar-refractivity contribution is 0.647. The van der Waals surface area contributed by atoms with E-state index in [1.165, 1.54) is 66.8 Å². The first-order valence-corrected chi connectivity index (χ1v) is 46.7. The standard InChI is InChI=1S/2C42H29N3O.C41H28N4O/c2*1-42(2)35-16-10-9-15-31(35)32-24-34-33-23-30(21-22-37(33)46-38(34)25-36(32)42)26-17-19-29(20-18-26)41-44-39(27-11-5-3-6-12-27)43-40(45-41)28-13-7-4-8-14-28;1-41(2)33-13-7-6-12-29(33)30-23-32-31-22-28(19-20-36(31)46-37(32)24-34(30)41)25-15-17-27(18-16-25)39-43-38(26-10-4-3-5-11-26)44-40(45-39)35-14-8-9-21-42-35/h2*3-25H,1-2H3;3-24H,1-2H3. The van der Waals surface area contributed by atoms with Crippen LogP contribution in [-0.2, 0) is 16.2 Å². The maximum absolute atomic E-state index is 6.41. The molecule has 3 aliphatic rings. The lowest BCUT2D eigenvalue weighted by atomic mass is 9.82. The highest BCUT2D eigenvalue weighted by molar-refractivity contribution is 6.12. The molecule has 0 unspecified atom stereocenters. The molecular formula is C125H86N10O3. The molecule has 7 heterocycles. The van der Waals surface area contributed by atoms with Gasteiger partial charge in [-0.15, -0.1) is 0 Å². The van der Waals surface area contributed by atoms with Crippen molar-refractivity contribution in [2.75, 3.05) is 0 Å². The number of pyridine rings is 1. The first kappa shape index (κ1) is 82.2. The number of hydrogen-bond donors (Lipinski definition) is 0. The predicted molar refractivity (Wildman–Crippen MR) is 557 cm³/mol. The Morgan fingerprint density at radius 2 is 0.377 bits per heavy atom. The summed E-state index contributed by atoms with van der Waals surface area (Å²) in [5.74, 6) is 5.68. The van der Waals surface area contributed by atoms with E-state index < -0.39 is 0 Å². The number of nitrogens with zero attached hydrogens (tertiary/aromatic N) is 10. The molecule has 0 saturated carbocycles. The third-order valence-corrected chi connectivity index (χ3v) is 27.9. The third kappa shape index (κ3) is 14.4. The monoisotopic (exact) mass is 1770 g/mol. The molecule has 138 heavy (non-hydrogen) atoms. The topological polar surface area (TPSA) is 168 Å². The van der Waals surface area contributed by atoms with Crippen LogP contribution in [0.5, 0.6) is 0 Å². The fourth-order valence-corrected chi connectivity index (χ4v) is 20.6. The molecule has 3 aliphatic carbocycles. The molecule has 0 radical (unpaired) electrons. The molecule has 0 spiro atoms. The van der Waals surface area contributed by atoms with Crippen molar-refractivity contribution in [3.05, 3.63) is 446 Å². The van der Waals surface area contributed by atoms with Gasteiger partial charge in [0.15, 0.2) is 52.4 Å². The Balaban J connectivity index is 0.000000110. The summed E-state index contributed by atoms with van der Waals surface area (Å²) in [4.78, 5) is 48.2. The molecule has 0 fully saturated rings. The Labute approximate surface area is 796 Å². The Bertz CT molecular complexity index is 7930. The highest BCUT2D eigenvalue weighted by atomic mass is 16.3. The van der Waals surface area contributed by atoms with Gasteiger partial charge >= 0.3 is 0 Å². The minimum Gasteiger partial charge on any atom is -0.456 e. The van der Waals surface area contributed by atoms with Crippen molar-refractivity contribution >= 4 is 65.8 Å². The van der Waals surface area contributed by atoms with Gasteiger partial charge in [0.2, 0.25) is 0 Å².